The van der Waals surface area contributed by atoms with Crippen molar-refractivity contribution < 1.29 is 14.1 Å². The van der Waals surface area contributed by atoms with Crippen molar-refractivity contribution in [2.45, 2.75) is 6.54 Å². The lowest BCUT2D eigenvalue weighted by Gasteiger charge is -1.99. The molecule has 4 rings (SSSR count). The summed E-state index contributed by atoms with van der Waals surface area (Å²) in [4.78, 5) is 23.7. The van der Waals surface area contributed by atoms with Gasteiger partial charge in [-0.15, -0.1) is 10.2 Å². The fraction of sp³-hybridized carbons (Fsp3) is 0.0500. The molecular formula is C20H14ClN7O4. The molecule has 2 aromatic heterocycles. The Labute approximate surface area is 185 Å². The van der Waals surface area contributed by atoms with E-state index < -0.39 is 10.8 Å². The average Bonchev–Trinajstić information content (AvgIpc) is 3.44. The number of hydrazone groups is 1. The summed E-state index contributed by atoms with van der Waals surface area (Å²) in [6.07, 6.45) is 1.30. The summed E-state index contributed by atoms with van der Waals surface area (Å²) < 4.78 is 5.59. The largest absolute Gasteiger partial charge is 0.455 e. The van der Waals surface area contributed by atoms with Crippen LogP contribution in [0.15, 0.2) is 70.2 Å². The zero-order valence-electron chi connectivity index (χ0n) is 16.3. The lowest BCUT2D eigenvalue weighted by atomic mass is 10.1. The fourth-order valence-electron chi connectivity index (χ4n) is 2.73. The Kier molecular flexibility index (Phi) is 5.99. The molecule has 0 radical (unpaired) electrons. The summed E-state index contributed by atoms with van der Waals surface area (Å²) in [5.74, 6) is 0.673. The smallest absolute Gasteiger partial charge is 0.288 e. The van der Waals surface area contributed by atoms with E-state index in [0.29, 0.717) is 22.9 Å². The molecule has 11 nitrogen and oxygen atoms in total. The summed E-state index contributed by atoms with van der Waals surface area (Å²) in [6, 6.07) is 16.8. The van der Waals surface area contributed by atoms with E-state index in [-0.39, 0.29) is 17.3 Å². The van der Waals surface area contributed by atoms with Gasteiger partial charge in [-0.3, -0.25) is 14.9 Å². The maximum absolute atomic E-state index is 12.0. The van der Waals surface area contributed by atoms with E-state index in [2.05, 4.69) is 25.9 Å². The SMILES string of the molecule is O=C(Cn1nnc(-c2ccccc2)n1)N/N=C\c1ccc(-c2ccc(Cl)c([N+](=O)[O-])c2)o1. The number of nitrogens with one attached hydrogen (secondary N) is 1. The molecule has 0 atom stereocenters. The molecule has 2 aromatic carbocycles. The van der Waals surface area contributed by atoms with Crippen LogP contribution in [0.25, 0.3) is 22.7 Å². The van der Waals surface area contributed by atoms with Crippen molar-refractivity contribution in [1.82, 2.24) is 25.6 Å². The number of rotatable bonds is 7. The zero-order valence-corrected chi connectivity index (χ0v) is 17.0. The summed E-state index contributed by atoms with van der Waals surface area (Å²) in [6.45, 7) is -0.172. The molecule has 2 heterocycles. The first-order chi connectivity index (χ1) is 15.5. The number of furan rings is 1. The lowest BCUT2D eigenvalue weighted by Crippen LogP contribution is -2.24. The number of nitrogens with zero attached hydrogens (tertiary/aromatic N) is 6. The molecule has 0 aliphatic rings. The molecule has 0 spiro atoms. The van der Waals surface area contributed by atoms with Crippen molar-refractivity contribution in [3.8, 4) is 22.7 Å². The van der Waals surface area contributed by atoms with Crippen molar-refractivity contribution in [1.29, 1.82) is 0 Å². The summed E-state index contributed by atoms with van der Waals surface area (Å²) >= 11 is 5.82. The average molecular weight is 452 g/mol. The van der Waals surface area contributed by atoms with Gasteiger partial charge in [0, 0.05) is 17.2 Å². The molecule has 12 heteroatoms. The first-order valence-corrected chi connectivity index (χ1v) is 9.56. The monoisotopic (exact) mass is 451 g/mol. The van der Waals surface area contributed by atoms with E-state index in [4.69, 9.17) is 16.0 Å². The highest BCUT2D eigenvalue weighted by molar-refractivity contribution is 6.32. The number of carbonyl (C=O) groups excluding carboxylic acids is 1. The number of nitro benzene ring substituents is 1. The molecular weight excluding hydrogens is 438 g/mol. The van der Waals surface area contributed by atoms with E-state index in [1.54, 1.807) is 18.2 Å². The van der Waals surface area contributed by atoms with Gasteiger partial charge >= 0.3 is 0 Å². The standard InChI is InChI=1S/C20H14ClN7O4/c21-16-8-6-14(10-17(16)28(30)31)18-9-7-15(32-18)11-22-23-19(29)12-27-25-20(24-26-27)13-4-2-1-3-5-13/h1-11H,12H2,(H,23,29)/b22-11-. The molecule has 0 saturated heterocycles. The quantitative estimate of drug-likeness (QED) is 0.258. The summed E-state index contributed by atoms with van der Waals surface area (Å²) in [7, 11) is 0. The first kappa shape index (κ1) is 20.9. The van der Waals surface area contributed by atoms with Crippen molar-refractivity contribution >= 4 is 29.4 Å². The van der Waals surface area contributed by atoms with Crippen LogP contribution >= 0.6 is 11.6 Å². The number of hydrogen-bond acceptors (Lipinski definition) is 8. The molecule has 1 amide bonds. The number of nitro groups is 1. The second kappa shape index (κ2) is 9.18. The number of amides is 1. The predicted molar refractivity (Wildman–Crippen MR) is 115 cm³/mol. The molecule has 0 unspecified atom stereocenters. The number of tetrazole rings is 1. The van der Waals surface area contributed by atoms with Crippen molar-refractivity contribution in [2.75, 3.05) is 0 Å². The van der Waals surface area contributed by atoms with Gasteiger partial charge in [-0.1, -0.05) is 41.9 Å². The van der Waals surface area contributed by atoms with Crippen LogP contribution in [0.2, 0.25) is 5.02 Å². The van der Waals surface area contributed by atoms with Crippen molar-refractivity contribution in [3.05, 3.63) is 81.6 Å². The topological polar surface area (TPSA) is 141 Å². The molecule has 4 aromatic rings. The molecule has 0 fully saturated rings. The second-order valence-corrected chi connectivity index (χ2v) is 6.84. The van der Waals surface area contributed by atoms with Gasteiger partial charge in [0.05, 0.1) is 11.1 Å². The van der Waals surface area contributed by atoms with Crippen LogP contribution in [-0.2, 0) is 11.3 Å². The molecule has 1 N–H and O–H groups in total. The van der Waals surface area contributed by atoms with Crippen LogP contribution in [-0.4, -0.2) is 37.3 Å². The number of halogens is 1. The highest BCUT2D eigenvalue weighted by Crippen LogP contribution is 2.31. The third-order valence-electron chi connectivity index (χ3n) is 4.21. The Morgan fingerprint density at radius 3 is 2.78 bits per heavy atom. The van der Waals surface area contributed by atoms with Crippen LogP contribution in [0.5, 0.6) is 0 Å². The van der Waals surface area contributed by atoms with E-state index in [9.17, 15) is 14.9 Å². The Hall–Kier alpha value is -4.38. The number of aromatic nitrogens is 4. The second-order valence-electron chi connectivity index (χ2n) is 6.43. The van der Waals surface area contributed by atoms with Crippen molar-refractivity contribution in [3.63, 3.8) is 0 Å². The minimum absolute atomic E-state index is 0.0348. The summed E-state index contributed by atoms with van der Waals surface area (Å²) in [5.41, 5.74) is 3.39. The van der Waals surface area contributed by atoms with Crippen LogP contribution in [0.3, 0.4) is 0 Å². The van der Waals surface area contributed by atoms with Gasteiger partial charge in [0.2, 0.25) is 5.82 Å². The minimum atomic E-state index is -0.570. The summed E-state index contributed by atoms with van der Waals surface area (Å²) in [5, 5.41) is 26.8. The Morgan fingerprint density at radius 2 is 2.00 bits per heavy atom. The number of benzene rings is 2. The van der Waals surface area contributed by atoms with Gasteiger partial charge in [0.15, 0.2) is 0 Å². The highest BCUT2D eigenvalue weighted by Gasteiger charge is 2.15. The van der Waals surface area contributed by atoms with E-state index in [0.717, 1.165) is 10.4 Å². The molecule has 160 valence electrons. The van der Waals surface area contributed by atoms with Gasteiger partial charge < -0.3 is 4.42 Å². The number of carbonyl (C=O) groups is 1. The van der Waals surface area contributed by atoms with E-state index in [1.807, 2.05) is 30.3 Å². The lowest BCUT2D eigenvalue weighted by molar-refractivity contribution is -0.384. The van der Waals surface area contributed by atoms with Crippen LogP contribution in [0.1, 0.15) is 5.76 Å². The van der Waals surface area contributed by atoms with Crippen LogP contribution in [0, 0.1) is 10.1 Å². The third-order valence-corrected chi connectivity index (χ3v) is 4.52. The van der Waals surface area contributed by atoms with Gasteiger partial charge in [0.1, 0.15) is 23.1 Å². The minimum Gasteiger partial charge on any atom is -0.455 e. The maximum atomic E-state index is 12.0. The predicted octanol–water partition coefficient (Wildman–Crippen LogP) is 3.31. The zero-order chi connectivity index (χ0) is 22.5. The highest BCUT2D eigenvalue weighted by atomic mass is 35.5. The molecule has 0 saturated carbocycles. The van der Waals surface area contributed by atoms with Gasteiger partial charge in [-0.05, 0) is 29.5 Å². The van der Waals surface area contributed by atoms with Gasteiger partial charge in [-0.2, -0.15) is 9.90 Å². The normalized spacial score (nSPS) is 11.0. The first-order valence-electron chi connectivity index (χ1n) is 9.19. The van der Waals surface area contributed by atoms with E-state index >= 15 is 0 Å². The van der Waals surface area contributed by atoms with E-state index in [1.165, 1.54) is 18.3 Å². The molecule has 32 heavy (non-hydrogen) atoms. The molecule has 0 aliphatic heterocycles. The third kappa shape index (κ3) is 4.84. The van der Waals surface area contributed by atoms with Gasteiger partial charge in [-0.25, -0.2) is 5.43 Å². The van der Waals surface area contributed by atoms with Crippen LogP contribution in [0.4, 0.5) is 5.69 Å². The van der Waals surface area contributed by atoms with Gasteiger partial charge in [0.25, 0.3) is 11.6 Å². The Balaban J connectivity index is 1.35. The Bertz CT molecular complexity index is 1300. The van der Waals surface area contributed by atoms with Crippen molar-refractivity contribution in [2.24, 2.45) is 5.10 Å². The van der Waals surface area contributed by atoms with Crippen LogP contribution < -0.4 is 5.43 Å². The Morgan fingerprint density at radius 1 is 1.19 bits per heavy atom. The molecule has 0 bridgehead atoms. The maximum Gasteiger partial charge on any atom is 0.288 e. The molecule has 0 aliphatic carbocycles. The number of hydrogen-bond donors (Lipinski definition) is 1. The fourth-order valence-corrected chi connectivity index (χ4v) is 2.91.